The van der Waals surface area contributed by atoms with Crippen LogP contribution in [0, 0.1) is 10.1 Å². The van der Waals surface area contributed by atoms with E-state index in [0.717, 1.165) is 6.42 Å². The third kappa shape index (κ3) is 5.08. The lowest BCUT2D eigenvalue weighted by atomic mass is 10.3. The lowest BCUT2D eigenvalue weighted by Crippen LogP contribution is -2.24. The van der Waals surface area contributed by atoms with Crippen molar-refractivity contribution in [1.29, 1.82) is 0 Å². The summed E-state index contributed by atoms with van der Waals surface area (Å²) in [5, 5.41) is 16.8. The fraction of sp³-hybridized carbons (Fsp3) is 0.636. The molecular formula is C11H19N5O3S. The lowest BCUT2D eigenvalue weighted by molar-refractivity contribution is -0.384. The van der Waals surface area contributed by atoms with E-state index in [4.69, 9.17) is 0 Å². The molecule has 0 bridgehead atoms. The lowest BCUT2D eigenvalue weighted by Gasteiger charge is -2.13. The van der Waals surface area contributed by atoms with Crippen molar-refractivity contribution in [2.45, 2.75) is 26.3 Å². The van der Waals surface area contributed by atoms with E-state index >= 15 is 0 Å². The summed E-state index contributed by atoms with van der Waals surface area (Å²) in [6, 6.07) is -0.187. The first-order valence-electron chi connectivity index (χ1n) is 6.25. The Morgan fingerprint density at radius 1 is 1.55 bits per heavy atom. The number of nitrogens with one attached hydrogen (secondary N) is 2. The minimum atomic E-state index is -0.988. The number of rotatable bonds is 8. The third-order valence-corrected chi connectivity index (χ3v) is 3.34. The molecule has 20 heavy (non-hydrogen) atoms. The number of nitro groups is 1. The van der Waals surface area contributed by atoms with Gasteiger partial charge in [-0.2, -0.15) is 4.98 Å². The first kappa shape index (κ1) is 16.3. The van der Waals surface area contributed by atoms with Gasteiger partial charge in [-0.05, 0) is 13.3 Å². The molecule has 0 saturated heterocycles. The van der Waals surface area contributed by atoms with E-state index in [-0.39, 0.29) is 17.5 Å². The molecule has 0 radical (unpaired) electrons. The van der Waals surface area contributed by atoms with Crippen LogP contribution in [0.1, 0.15) is 20.3 Å². The van der Waals surface area contributed by atoms with Crippen LogP contribution in [-0.4, -0.2) is 43.7 Å². The third-order valence-electron chi connectivity index (χ3n) is 2.37. The smallest absolute Gasteiger partial charge is 0.329 e. The first-order valence-corrected chi connectivity index (χ1v) is 7.98. The van der Waals surface area contributed by atoms with Crippen LogP contribution in [-0.2, 0) is 10.8 Å². The van der Waals surface area contributed by atoms with Crippen LogP contribution in [0.2, 0.25) is 0 Å². The van der Waals surface area contributed by atoms with E-state index in [0.29, 0.717) is 18.2 Å². The summed E-state index contributed by atoms with van der Waals surface area (Å²) in [6.07, 6.45) is 3.65. The summed E-state index contributed by atoms with van der Waals surface area (Å²) < 4.78 is 11.2. The molecule has 1 rings (SSSR count). The zero-order valence-electron chi connectivity index (χ0n) is 11.8. The van der Waals surface area contributed by atoms with Gasteiger partial charge in [0.1, 0.15) is 6.20 Å². The first-order chi connectivity index (χ1) is 9.43. The summed E-state index contributed by atoms with van der Waals surface area (Å²) in [4.78, 5) is 18.4. The molecule has 2 atom stereocenters. The van der Waals surface area contributed by atoms with Gasteiger partial charge in [-0.1, -0.05) is 6.92 Å². The second-order valence-electron chi connectivity index (χ2n) is 4.40. The zero-order chi connectivity index (χ0) is 15.1. The van der Waals surface area contributed by atoms with Crippen molar-refractivity contribution in [3.63, 3.8) is 0 Å². The number of aromatic nitrogens is 2. The fourth-order valence-electron chi connectivity index (χ4n) is 1.56. The van der Waals surface area contributed by atoms with Gasteiger partial charge in [0.15, 0.2) is 0 Å². The fourth-order valence-corrected chi connectivity index (χ4v) is 2.35. The van der Waals surface area contributed by atoms with Crippen LogP contribution in [0.5, 0.6) is 0 Å². The average molecular weight is 301 g/mol. The van der Waals surface area contributed by atoms with Crippen molar-refractivity contribution in [3.05, 3.63) is 16.3 Å². The maximum atomic E-state index is 11.2. The highest BCUT2D eigenvalue weighted by molar-refractivity contribution is 7.84. The molecule has 0 aromatic carbocycles. The van der Waals surface area contributed by atoms with Gasteiger partial charge in [0.2, 0.25) is 11.8 Å². The predicted molar refractivity (Wildman–Crippen MR) is 79.5 cm³/mol. The number of hydrogen-bond acceptors (Lipinski definition) is 7. The Hall–Kier alpha value is -1.77. The highest BCUT2D eigenvalue weighted by Crippen LogP contribution is 2.22. The minimum absolute atomic E-state index is 0.140. The quantitative estimate of drug-likeness (QED) is 0.551. The van der Waals surface area contributed by atoms with Crippen LogP contribution in [0.25, 0.3) is 0 Å². The van der Waals surface area contributed by atoms with Crippen LogP contribution in [0.15, 0.2) is 6.20 Å². The molecule has 9 heteroatoms. The second kappa shape index (κ2) is 7.73. The Kier molecular flexibility index (Phi) is 6.29. The molecule has 0 saturated carbocycles. The Bertz CT molecular complexity index is 497. The highest BCUT2D eigenvalue weighted by atomic mass is 32.2. The second-order valence-corrected chi connectivity index (χ2v) is 5.88. The van der Waals surface area contributed by atoms with Crippen molar-refractivity contribution in [3.8, 4) is 0 Å². The van der Waals surface area contributed by atoms with Crippen molar-refractivity contribution >= 4 is 28.3 Å². The van der Waals surface area contributed by atoms with Crippen molar-refractivity contribution in [1.82, 2.24) is 9.97 Å². The standard InChI is InChI=1S/C11H19N5O3S/c1-4-5-12-11-13-6-9(16(17)18)10(15-11)14-8(2)7-20(3)19/h6,8H,4-5,7H2,1-3H3,(H2,12,13,14,15). The maximum Gasteiger partial charge on any atom is 0.329 e. The van der Waals surface area contributed by atoms with Crippen LogP contribution >= 0.6 is 0 Å². The molecule has 2 N–H and O–H groups in total. The van der Waals surface area contributed by atoms with E-state index in [9.17, 15) is 14.3 Å². The largest absolute Gasteiger partial charge is 0.361 e. The monoisotopic (exact) mass is 301 g/mol. The van der Waals surface area contributed by atoms with Crippen LogP contribution in [0.4, 0.5) is 17.5 Å². The van der Waals surface area contributed by atoms with E-state index in [2.05, 4.69) is 20.6 Å². The van der Waals surface area contributed by atoms with Crippen LogP contribution < -0.4 is 10.6 Å². The van der Waals surface area contributed by atoms with Gasteiger partial charge in [0.05, 0.1) is 4.92 Å². The molecule has 112 valence electrons. The Labute approximate surface area is 120 Å². The van der Waals surface area contributed by atoms with E-state index in [1.165, 1.54) is 6.20 Å². The van der Waals surface area contributed by atoms with Crippen molar-refractivity contribution < 1.29 is 9.13 Å². The van der Waals surface area contributed by atoms with Crippen LogP contribution in [0.3, 0.4) is 0 Å². The molecule has 1 heterocycles. The average Bonchev–Trinajstić information content (AvgIpc) is 2.35. The molecule has 1 aromatic heterocycles. The molecular weight excluding hydrogens is 282 g/mol. The summed E-state index contributed by atoms with van der Waals surface area (Å²) in [7, 11) is -0.988. The van der Waals surface area contributed by atoms with Gasteiger partial charge < -0.3 is 10.6 Å². The molecule has 0 aliphatic heterocycles. The van der Waals surface area contributed by atoms with Gasteiger partial charge >= 0.3 is 5.69 Å². The molecule has 8 nitrogen and oxygen atoms in total. The Morgan fingerprint density at radius 2 is 2.25 bits per heavy atom. The van der Waals surface area contributed by atoms with Gasteiger partial charge in [0, 0.05) is 35.4 Å². The SMILES string of the molecule is CCCNc1ncc([N+](=O)[O-])c(NC(C)CS(C)=O)n1. The number of anilines is 2. The predicted octanol–water partition coefficient (Wildman–Crippen LogP) is 1.39. The van der Waals surface area contributed by atoms with E-state index in [1.807, 2.05) is 6.92 Å². The summed E-state index contributed by atoms with van der Waals surface area (Å²) in [6.45, 7) is 4.48. The van der Waals surface area contributed by atoms with E-state index < -0.39 is 15.7 Å². The van der Waals surface area contributed by atoms with Gasteiger partial charge in [-0.25, -0.2) is 4.98 Å². The van der Waals surface area contributed by atoms with Gasteiger partial charge in [-0.3, -0.25) is 14.3 Å². The molecule has 0 amide bonds. The van der Waals surface area contributed by atoms with Crippen molar-refractivity contribution in [2.24, 2.45) is 0 Å². The highest BCUT2D eigenvalue weighted by Gasteiger charge is 2.19. The van der Waals surface area contributed by atoms with Crippen molar-refractivity contribution in [2.75, 3.05) is 29.2 Å². The number of nitrogens with zero attached hydrogens (tertiary/aromatic N) is 3. The maximum absolute atomic E-state index is 11.2. The molecule has 1 aromatic rings. The Balaban J connectivity index is 2.93. The molecule has 0 aliphatic rings. The molecule has 0 spiro atoms. The molecule has 0 fully saturated rings. The Morgan fingerprint density at radius 3 is 2.80 bits per heavy atom. The van der Waals surface area contributed by atoms with E-state index in [1.54, 1.807) is 13.2 Å². The molecule has 0 aliphatic carbocycles. The normalized spacial score (nSPS) is 13.6. The summed E-state index contributed by atoms with van der Waals surface area (Å²) >= 11 is 0. The topological polar surface area (TPSA) is 110 Å². The van der Waals surface area contributed by atoms with Gasteiger partial charge in [0.25, 0.3) is 0 Å². The van der Waals surface area contributed by atoms with Gasteiger partial charge in [-0.15, -0.1) is 0 Å². The zero-order valence-corrected chi connectivity index (χ0v) is 12.6. The molecule has 2 unspecified atom stereocenters. The summed E-state index contributed by atoms with van der Waals surface area (Å²) in [5.74, 6) is 0.866. The minimum Gasteiger partial charge on any atom is -0.361 e. The summed E-state index contributed by atoms with van der Waals surface area (Å²) in [5.41, 5.74) is -0.194. The number of hydrogen-bond donors (Lipinski definition) is 2.